The molecule has 1 aromatic carbocycles. The van der Waals surface area contributed by atoms with Gasteiger partial charge in [-0.1, -0.05) is 12.1 Å². The number of hydrogen-bond donors (Lipinski definition) is 2. The van der Waals surface area contributed by atoms with Crippen LogP contribution in [0.5, 0.6) is 0 Å². The fourth-order valence-electron chi connectivity index (χ4n) is 2.26. The van der Waals surface area contributed by atoms with Gasteiger partial charge in [0.2, 0.25) is 5.91 Å². The molecule has 0 unspecified atom stereocenters. The number of para-hydroxylation sites is 2. The van der Waals surface area contributed by atoms with E-state index < -0.39 is 11.2 Å². The van der Waals surface area contributed by atoms with Crippen LogP contribution < -0.4 is 21.5 Å². The SMILES string of the molecule is CC(=O)N1c2ccccc2Nc2[nH]c(=O)n(C)c(=O)c21. The molecule has 7 nitrogen and oxygen atoms in total. The largest absolute Gasteiger partial charge is 0.338 e. The number of carbonyl (C=O) groups excluding carboxylic acids is 1. The van der Waals surface area contributed by atoms with Gasteiger partial charge in [-0.25, -0.2) is 4.79 Å². The van der Waals surface area contributed by atoms with E-state index in [0.717, 1.165) is 4.57 Å². The molecule has 2 N–H and O–H groups in total. The van der Waals surface area contributed by atoms with E-state index in [1.54, 1.807) is 24.3 Å². The molecule has 0 saturated heterocycles. The lowest BCUT2D eigenvalue weighted by molar-refractivity contribution is -0.115. The van der Waals surface area contributed by atoms with Gasteiger partial charge in [-0.15, -0.1) is 0 Å². The van der Waals surface area contributed by atoms with Crippen molar-refractivity contribution in [3.8, 4) is 0 Å². The predicted molar refractivity (Wildman–Crippen MR) is 74.8 cm³/mol. The van der Waals surface area contributed by atoms with Crippen LogP contribution >= 0.6 is 0 Å². The molecule has 1 aromatic heterocycles. The highest BCUT2D eigenvalue weighted by atomic mass is 16.2. The number of amides is 1. The van der Waals surface area contributed by atoms with Crippen LogP contribution in [0.15, 0.2) is 33.9 Å². The minimum Gasteiger partial charge on any atom is -0.338 e. The zero-order valence-electron chi connectivity index (χ0n) is 10.9. The van der Waals surface area contributed by atoms with Gasteiger partial charge >= 0.3 is 5.69 Å². The van der Waals surface area contributed by atoms with E-state index in [0.29, 0.717) is 11.4 Å². The van der Waals surface area contributed by atoms with E-state index in [-0.39, 0.29) is 17.4 Å². The fourth-order valence-corrected chi connectivity index (χ4v) is 2.26. The molecule has 1 aliphatic heterocycles. The number of H-pyrrole nitrogens is 1. The summed E-state index contributed by atoms with van der Waals surface area (Å²) in [4.78, 5) is 39.7. The van der Waals surface area contributed by atoms with Crippen LogP contribution in [-0.2, 0) is 11.8 Å². The number of benzene rings is 1. The van der Waals surface area contributed by atoms with Crippen molar-refractivity contribution < 1.29 is 4.79 Å². The first-order chi connectivity index (χ1) is 9.50. The van der Waals surface area contributed by atoms with E-state index in [1.807, 2.05) is 0 Å². The van der Waals surface area contributed by atoms with Gasteiger partial charge in [0.1, 0.15) is 5.82 Å². The third-order valence-corrected chi connectivity index (χ3v) is 3.22. The molecule has 0 bridgehead atoms. The quantitative estimate of drug-likeness (QED) is 0.743. The van der Waals surface area contributed by atoms with Crippen LogP contribution in [0.3, 0.4) is 0 Å². The van der Waals surface area contributed by atoms with Gasteiger partial charge in [-0.2, -0.15) is 0 Å². The van der Waals surface area contributed by atoms with E-state index in [1.165, 1.54) is 18.9 Å². The molecule has 0 spiro atoms. The Bertz CT molecular complexity index is 834. The first-order valence-electron chi connectivity index (χ1n) is 6.00. The maximum Gasteiger partial charge on any atom is 0.329 e. The summed E-state index contributed by atoms with van der Waals surface area (Å²) in [6.07, 6.45) is 0. The van der Waals surface area contributed by atoms with Crippen LogP contribution in [0, 0.1) is 0 Å². The summed E-state index contributed by atoms with van der Waals surface area (Å²) in [6.45, 7) is 1.37. The summed E-state index contributed by atoms with van der Waals surface area (Å²) in [5, 5.41) is 2.97. The first kappa shape index (κ1) is 12.2. The highest BCUT2D eigenvalue weighted by Gasteiger charge is 2.29. The molecule has 102 valence electrons. The number of carbonyl (C=O) groups is 1. The number of aromatic amines is 1. The normalized spacial score (nSPS) is 12.4. The lowest BCUT2D eigenvalue weighted by Gasteiger charge is -2.30. The average Bonchev–Trinajstić information content (AvgIpc) is 2.42. The Labute approximate surface area is 113 Å². The summed E-state index contributed by atoms with van der Waals surface area (Å²) in [5.41, 5.74) is 0.291. The van der Waals surface area contributed by atoms with Gasteiger partial charge in [0.05, 0.1) is 11.4 Å². The Morgan fingerprint density at radius 3 is 2.60 bits per heavy atom. The molecule has 20 heavy (non-hydrogen) atoms. The standard InChI is InChI=1S/C13H12N4O3/c1-7(18)17-9-6-4-3-5-8(9)14-11-10(17)12(19)16(2)13(20)15-11/h3-6,14H,1-2H3,(H,15,20). The molecule has 7 heteroatoms. The number of rotatable bonds is 0. The number of fused-ring (bicyclic) bond motifs is 2. The Kier molecular flexibility index (Phi) is 2.50. The minimum atomic E-state index is -0.538. The van der Waals surface area contributed by atoms with E-state index in [4.69, 9.17) is 0 Å². The van der Waals surface area contributed by atoms with Crippen molar-refractivity contribution in [2.75, 3.05) is 10.2 Å². The smallest absolute Gasteiger partial charge is 0.329 e. The van der Waals surface area contributed by atoms with Crippen LogP contribution in [0.2, 0.25) is 0 Å². The van der Waals surface area contributed by atoms with Crippen LogP contribution in [0.1, 0.15) is 6.92 Å². The summed E-state index contributed by atoms with van der Waals surface area (Å²) in [5.74, 6) is -0.0728. The minimum absolute atomic E-state index is 0.123. The highest BCUT2D eigenvalue weighted by molar-refractivity contribution is 6.07. The molecular formula is C13H12N4O3. The lowest BCUT2D eigenvalue weighted by Crippen LogP contribution is -2.40. The fraction of sp³-hybridized carbons (Fsp3) is 0.154. The number of nitrogens with zero attached hydrogens (tertiary/aromatic N) is 2. The van der Waals surface area contributed by atoms with Crippen molar-refractivity contribution in [2.24, 2.45) is 7.05 Å². The molecule has 0 fully saturated rings. The van der Waals surface area contributed by atoms with Crippen molar-refractivity contribution in [1.82, 2.24) is 9.55 Å². The molecule has 0 atom stereocenters. The van der Waals surface area contributed by atoms with Gasteiger partial charge < -0.3 is 5.32 Å². The van der Waals surface area contributed by atoms with E-state index >= 15 is 0 Å². The third-order valence-electron chi connectivity index (χ3n) is 3.22. The number of nitrogens with one attached hydrogen (secondary N) is 2. The Morgan fingerprint density at radius 2 is 1.90 bits per heavy atom. The Hall–Kier alpha value is -2.83. The molecule has 3 rings (SSSR count). The lowest BCUT2D eigenvalue weighted by atomic mass is 10.1. The maximum atomic E-state index is 12.3. The van der Waals surface area contributed by atoms with Gasteiger partial charge in [-0.3, -0.25) is 24.0 Å². The molecule has 2 heterocycles. The molecule has 1 aliphatic rings. The molecular weight excluding hydrogens is 260 g/mol. The maximum absolute atomic E-state index is 12.3. The number of hydrogen-bond acceptors (Lipinski definition) is 4. The van der Waals surface area contributed by atoms with Gasteiger partial charge in [-0.05, 0) is 12.1 Å². The number of aromatic nitrogens is 2. The molecule has 1 amide bonds. The van der Waals surface area contributed by atoms with Crippen molar-refractivity contribution >= 4 is 28.8 Å². The monoisotopic (exact) mass is 272 g/mol. The van der Waals surface area contributed by atoms with Gasteiger partial charge in [0.25, 0.3) is 5.56 Å². The second-order valence-corrected chi connectivity index (χ2v) is 4.51. The first-order valence-corrected chi connectivity index (χ1v) is 6.00. The van der Waals surface area contributed by atoms with E-state index in [2.05, 4.69) is 10.3 Å². The number of anilines is 4. The zero-order chi connectivity index (χ0) is 14.4. The second-order valence-electron chi connectivity index (χ2n) is 4.51. The van der Waals surface area contributed by atoms with Crippen molar-refractivity contribution in [3.05, 3.63) is 45.1 Å². The third kappa shape index (κ3) is 1.56. The van der Waals surface area contributed by atoms with Gasteiger partial charge in [0.15, 0.2) is 5.69 Å². The summed E-state index contributed by atoms with van der Waals surface area (Å²) in [6, 6.07) is 7.08. The molecule has 2 aromatic rings. The summed E-state index contributed by atoms with van der Waals surface area (Å²) >= 11 is 0. The van der Waals surface area contributed by atoms with Crippen LogP contribution in [0.4, 0.5) is 22.9 Å². The van der Waals surface area contributed by atoms with Crippen molar-refractivity contribution in [2.45, 2.75) is 6.92 Å². The summed E-state index contributed by atoms with van der Waals surface area (Å²) < 4.78 is 0.935. The van der Waals surface area contributed by atoms with Crippen molar-refractivity contribution in [3.63, 3.8) is 0 Å². The van der Waals surface area contributed by atoms with Crippen LogP contribution in [-0.4, -0.2) is 15.5 Å². The van der Waals surface area contributed by atoms with Crippen LogP contribution in [0.25, 0.3) is 0 Å². The predicted octanol–water partition coefficient (Wildman–Crippen LogP) is 0.815. The second kappa shape index (κ2) is 4.09. The topological polar surface area (TPSA) is 87.2 Å². The molecule has 0 aliphatic carbocycles. The molecule has 0 radical (unpaired) electrons. The Balaban J connectivity index is 2.38. The highest BCUT2D eigenvalue weighted by Crippen LogP contribution is 2.39. The van der Waals surface area contributed by atoms with E-state index in [9.17, 15) is 14.4 Å². The zero-order valence-corrected chi connectivity index (χ0v) is 10.9. The summed E-state index contributed by atoms with van der Waals surface area (Å²) in [7, 11) is 1.36. The Morgan fingerprint density at radius 1 is 1.20 bits per heavy atom. The van der Waals surface area contributed by atoms with Gasteiger partial charge in [0, 0.05) is 14.0 Å². The average molecular weight is 272 g/mol. The van der Waals surface area contributed by atoms with Crippen molar-refractivity contribution in [1.29, 1.82) is 0 Å². The molecule has 0 saturated carbocycles.